The Morgan fingerprint density at radius 1 is 0.924 bits per heavy atom. The number of alkyl carbamates (subject to hydrolysis) is 1. The van der Waals surface area contributed by atoms with Crippen LogP contribution >= 0.6 is 0 Å². The Labute approximate surface area is 377 Å². The Morgan fingerprint density at radius 2 is 1.59 bits per heavy atom. The summed E-state index contributed by atoms with van der Waals surface area (Å²) < 4.78 is 27.1. The summed E-state index contributed by atoms with van der Waals surface area (Å²) in [6.45, 7) is 5.95. The number of halogens is 1. The first-order chi connectivity index (χ1) is 31.3. The van der Waals surface area contributed by atoms with E-state index in [1.807, 2.05) is 0 Å². The lowest BCUT2D eigenvalue weighted by Crippen LogP contribution is -2.52. The molecule has 2 aliphatic heterocycles. The zero-order chi connectivity index (χ0) is 47.7. The fourth-order valence-corrected chi connectivity index (χ4v) is 8.49. The van der Waals surface area contributed by atoms with Crippen LogP contribution in [0.5, 0.6) is 0 Å². The zero-order valence-electron chi connectivity index (χ0n) is 37.1. The number of aryl methyl sites for hydroxylation is 1. The molecule has 1 unspecified atom stereocenters. The summed E-state index contributed by atoms with van der Waals surface area (Å²) in [4.78, 5) is 108. The van der Waals surface area contributed by atoms with Crippen molar-refractivity contribution in [3.63, 3.8) is 0 Å². The van der Waals surface area contributed by atoms with Crippen molar-refractivity contribution in [3.05, 3.63) is 97.6 Å². The third-order valence-corrected chi connectivity index (χ3v) is 11.8. The van der Waals surface area contributed by atoms with Crippen LogP contribution in [0.3, 0.4) is 0 Å². The number of carbonyl (C=O) groups is 7. The van der Waals surface area contributed by atoms with E-state index in [0.29, 0.717) is 62.9 Å². The lowest BCUT2D eigenvalue weighted by atomic mass is 9.81. The van der Waals surface area contributed by atoms with Gasteiger partial charge in [-0.15, -0.1) is 0 Å². The number of benzene rings is 2. The molecular weight excluding hydrogens is 860 g/mol. The van der Waals surface area contributed by atoms with Gasteiger partial charge in [-0.1, -0.05) is 37.3 Å². The van der Waals surface area contributed by atoms with Gasteiger partial charge in [0.2, 0.25) is 29.5 Å². The van der Waals surface area contributed by atoms with Gasteiger partial charge >= 0.3 is 12.1 Å². The number of fused-ring (bicyclic) bond motifs is 5. The zero-order valence-corrected chi connectivity index (χ0v) is 37.1. The topological polar surface area (TPSA) is 265 Å². The van der Waals surface area contributed by atoms with Gasteiger partial charge in [0.05, 0.1) is 54.7 Å². The predicted octanol–water partition coefficient (Wildman–Crippen LogP) is 1.23. The summed E-state index contributed by atoms with van der Waals surface area (Å²) in [5, 5.41) is 27.1. The minimum Gasteiger partial charge on any atom is -0.458 e. The molecule has 19 nitrogen and oxygen atoms in total. The van der Waals surface area contributed by atoms with Crippen molar-refractivity contribution < 1.29 is 52.5 Å². The number of cyclic esters (lactones) is 1. The van der Waals surface area contributed by atoms with Gasteiger partial charge in [0, 0.05) is 29.0 Å². The van der Waals surface area contributed by atoms with E-state index in [2.05, 4.69) is 31.9 Å². The molecule has 7 rings (SSSR count). The fourth-order valence-electron chi connectivity index (χ4n) is 8.49. The molecule has 0 bridgehead atoms. The highest BCUT2D eigenvalue weighted by molar-refractivity contribution is 5.95. The van der Waals surface area contributed by atoms with Crippen LogP contribution < -0.4 is 37.5 Å². The van der Waals surface area contributed by atoms with Crippen LogP contribution in [0.15, 0.2) is 47.3 Å². The highest BCUT2D eigenvalue weighted by atomic mass is 19.1. The highest BCUT2D eigenvalue weighted by Crippen LogP contribution is 2.46. The van der Waals surface area contributed by atoms with Crippen molar-refractivity contribution in [3.8, 4) is 11.4 Å². The van der Waals surface area contributed by atoms with E-state index in [1.54, 1.807) is 71.0 Å². The maximum Gasteiger partial charge on any atom is 0.408 e. The minimum absolute atomic E-state index is 0.0380. The average Bonchev–Trinajstić information content (AvgIpc) is 3.65. The van der Waals surface area contributed by atoms with Crippen molar-refractivity contribution >= 4 is 52.5 Å². The molecule has 66 heavy (non-hydrogen) atoms. The van der Waals surface area contributed by atoms with Crippen LogP contribution in [0.25, 0.3) is 22.3 Å². The highest BCUT2D eigenvalue weighted by Gasteiger charge is 2.46. The number of amides is 6. The van der Waals surface area contributed by atoms with Crippen molar-refractivity contribution in [1.29, 1.82) is 0 Å². The van der Waals surface area contributed by atoms with E-state index in [-0.39, 0.29) is 37.1 Å². The molecule has 3 aliphatic rings. The number of carbonyl (C=O) groups excluding carboxylic acids is 7. The Hall–Kier alpha value is -7.22. The maximum absolute atomic E-state index is 15.3. The van der Waals surface area contributed by atoms with Crippen molar-refractivity contribution in [2.24, 2.45) is 0 Å². The first-order valence-corrected chi connectivity index (χ1v) is 21.5. The number of pyridine rings is 2. The van der Waals surface area contributed by atoms with Crippen LogP contribution in [0.2, 0.25) is 0 Å². The largest absolute Gasteiger partial charge is 0.458 e. The Morgan fingerprint density at radius 3 is 2.27 bits per heavy atom. The van der Waals surface area contributed by atoms with E-state index < -0.39 is 102 Å². The van der Waals surface area contributed by atoms with Gasteiger partial charge < -0.3 is 51.0 Å². The van der Waals surface area contributed by atoms with Crippen LogP contribution in [0.1, 0.15) is 85.5 Å². The first kappa shape index (κ1) is 46.8. The molecule has 4 heterocycles. The van der Waals surface area contributed by atoms with Crippen molar-refractivity contribution in [2.75, 3.05) is 26.2 Å². The number of aliphatic hydroxyl groups is 1. The number of ether oxygens (including phenoxy) is 2. The lowest BCUT2D eigenvalue weighted by Gasteiger charge is -2.31. The maximum atomic E-state index is 15.3. The number of hydrogen-bond donors (Lipinski definition) is 7. The molecule has 6 amide bonds. The summed E-state index contributed by atoms with van der Waals surface area (Å²) >= 11 is 0. The molecule has 0 fully saturated rings. The molecule has 0 saturated heterocycles. The van der Waals surface area contributed by atoms with E-state index >= 15 is 4.39 Å². The number of rotatable bonds is 14. The number of hydrogen-bond acceptors (Lipinski definition) is 12. The number of nitrogens with zero attached hydrogens (tertiary/aromatic N) is 2. The van der Waals surface area contributed by atoms with Gasteiger partial charge in [-0.25, -0.2) is 19.0 Å². The van der Waals surface area contributed by atoms with Gasteiger partial charge in [0.25, 0.3) is 5.56 Å². The quantitative estimate of drug-likeness (QED) is 0.0777. The van der Waals surface area contributed by atoms with Crippen LogP contribution in [0, 0.1) is 12.7 Å². The Balaban J connectivity index is 1.00. The van der Waals surface area contributed by atoms with Crippen LogP contribution in [-0.2, 0) is 69.8 Å². The second-order valence-electron chi connectivity index (χ2n) is 17.4. The predicted molar refractivity (Wildman–Crippen MR) is 234 cm³/mol. The molecule has 7 N–H and O–H groups in total. The molecule has 20 heteroatoms. The summed E-state index contributed by atoms with van der Waals surface area (Å²) in [6, 6.07) is 9.80. The van der Waals surface area contributed by atoms with E-state index in [1.165, 1.54) is 10.6 Å². The number of aromatic nitrogens is 2. The number of esters is 1. The molecule has 3 atom stereocenters. The van der Waals surface area contributed by atoms with Crippen LogP contribution in [-0.4, -0.2) is 94.1 Å². The SMILES string of the molecule is CC[C@@]1(O)C(=O)OCc2c1cc1n(c2=O)Cc2c-1nc1cc(F)c(C)c3c1c2[C@@H](NC(=O)CNC(=O)CNC(=O)C(Cc1ccccc1)NC(=O)CNC(=O)CNC(=O)OC(C)(C)C)CC3. The molecule has 0 spiro atoms. The monoisotopic (exact) mass is 910 g/mol. The molecule has 0 saturated carbocycles. The van der Waals surface area contributed by atoms with Gasteiger partial charge in [-0.2, -0.15) is 0 Å². The van der Waals surface area contributed by atoms with Gasteiger partial charge in [-0.05, 0) is 75.3 Å². The van der Waals surface area contributed by atoms with E-state index in [4.69, 9.17) is 14.5 Å². The molecule has 2 aromatic carbocycles. The Bertz CT molecular complexity index is 2730. The molecule has 4 aromatic rings. The van der Waals surface area contributed by atoms with Gasteiger partial charge in [-0.3, -0.25) is 28.8 Å². The molecular formula is C46H51FN8O11. The summed E-state index contributed by atoms with van der Waals surface area (Å²) in [7, 11) is 0. The molecule has 348 valence electrons. The fraction of sp³-hybridized carbons (Fsp3) is 0.413. The molecule has 0 radical (unpaired) electrons. The second-order valence-corrected chi connectivity index (χ2v) is 17.4. The first-order valence-electron chi connectivity index (χ1n) is 21.5. The molecule has 1 aliphatic carbocycles. The smallest absolute Gasteiger partial charge is 0.408 e. The molecule has 2 aromatic heterocycles. The van der Waals surface area contributed by atoms with E-state index in [0.717, 1.165) is 0 Å². The third kappa shape index (κ3) is 9.73. The summed E-state index contributed by atoms with van der Waals surface area (Å²) in [6.07, 6.45) is -0.0923. The summed E-state index contributed by atoms with van der Waals surface area (Å²) in [5.74, 6) is -4.75. The van der Waals surface area contributed by atoms with Gasteiger partial charge in [0.1, 0.15) is 30.6 Å². The lowest BCUT2D eigenvalue weighted by molar-refractivity contribution is -0.172. The van der Waals surface area contributed by atoms with Crippen molar-refractivity contribution in [1.82, 2.24) is 41.5 Å². The minimum atomic E-state index is -2.05. The summed E-state index contributed by atoms with van der Waals surface area (Å²) in [5.41, 5.74) is 0.987. The number of nitrogens with one attached hydrogen (secondary N) is 6. The van der Waals surface area contributed by atoms with Gasteiger partial charge in [0.15, 0.2) is 5.60 Å². The third-order valence-electron chi connectivity index (χ3n) is 11.8. The standard InChI is InChI=1S/C46H51FN8O11/c1-6-46(64)28-15-33-40-26(21-55(33)42(61)27(28)22-65-43(46)62)39-30(13-12-25-23(2)29(47)16-31(54-40)38(25)39)52-36(58)19-48-34(56)17-50-41(60)32(14-24-10-8-7-9-11-24)53-37(59)20-49-35(57)18-51-44(63)66-45(3,4)5/h7-11,15-16,30,32,64H,6,12-14,17-22H2,1-5H3,(H,48,56)(H,49,57)(H,50,60)(H,51,63)(H,52,58)(H,53,59)/t30-,32?,46-/m0/s1. The van der Waals surface area contributed by atoms with Crippen molar-refractivity contribution in [2.45, 2.75) is 96.7 Å². The van der Waals surface area contributed by atoms with E-state index in [9.17, 15) is 43.5 Å². The normalized spacial score (nSPS) is 17.3. The Kier molecular flexibility index (Phi) is 13.3. The second kappa shape index (κ2) is 18.7. The van der Waals surface area contributed by atoms with Crippen LogP contribution in [0.4, 0.5) is 9.18 Å². The average molecular weight is 911 g/mol.